The van der Waals surface area contributed by atoms with Crippen molar-refractivity contribution in [1.82, 2.24) is 4.90 Å². The molecule has 2 atom stereocenters. The molecule has 0 bridgehead atoms. The molecule has 2 rings (SSSR count). The number of rotatable bonds is 3. The van der Waals surface area contributed by atoms with Crippen LogP contribution in [0.4, 0.5) is 0 Å². The van der Waals surface area contributed by atoms with Crippen LogP contribution in [-0.2, 0) is 13.2 Å². The molecule has 1 aromatic carbocycles. The molecule has 0 aromatic heterocycles. The van der Waals surface area contributed by atoms with E-state index in [1.807, 2.05) is 12.1 Å². The largest absolute Gasteiger partial charge is 0.392 e. The Balaban J connectivity index is 1.92. The second-order valence-corrected chi connectivity index (χ2v) is 5.04. The Labute approximate surface area is 103 Å². The number of β-amino-alcohol motifs (C(OH)–C–C–N with tert-alkyl or cyclic N) is 1. The maximum Gasteiger partial charge on any atom is 0.0693 e. The molecule has 0 amide bonds. The van der Waals surface area contributed by atoms with Crippen LogP contribution >= 0.6 is 0 Å². The molecule has 1 aliphatic heterocycles. The fourth-order valence-electron chi connectivity index (χ4n) is 2.27. The lowest BCUT2D eigenvalue weighted by Gasteiger charge is -2.34. The monoisotopic (exact) mass is 235 g/mol. The maximum atomic E-state index is 9.83. The Bertz CT molecular complexity index is 350. The van der Waals surface area contributed by atoms with Gasteiger partial charge in [-0.05, 0) is 30.0 Å². The standard InChI is InChI=1S/C14H21NO2/c1-11-6-7-15(9-14(11)17)8-12-2-4-13(10-16)5-3-12/h2-5,11,14,16-17H,6-10H2,1H3. The molecule has 2 unspecified atom stereocenters. The number of aliphatic hydroxyl groups excluding tert-OH is 2. The third kappa shape index (κ3) is 3.28. The topological polar surface area (TPSA) is 43.7 Å². The fraction of sp³-hybridized carbons (Fsp3) is 0.571. The molecule has 17 heavy (non-hydrogen) atoms. The molecule has 1 saturated heterocycles. The summed E-state index contributed by atoms with van der Waals surface area (Å²) in [6, 6.07) is 8.02. The summed E-state index contributed by atoms with van der Waals surface area (Å²) in [6.07, 6.45) is 0.871. The Morgan fingerprint density at radius 3 is 2.47 bits per heavy atom. The predicted molar refractivity (Wildman–Crippen MR) is 67.4 cm³/mol. The first-order chi connectivity index (χ1) is 8.19. The highest BCUT2D eigenvalue weighted by Gasteiger charge is 2.23. The SMILES string of the molecule is CC1CCN(Cc2ccc(CO)cc2)CC1O. The minimum Gasteiger partial charge on any atom is -0.392 e. The van der Waals surface area contributed by atoms with Crippen LogP contribution < -0.4 is 0 Å². The molecule has 0 saturated carbocycles. The van der Waals surface area contributed by atoms with E-state index in [0.29, 0.717) is 5.92 Å². The van der Waals surface area contributed by atoms with E-state index in [4.69, 9.17) is 5.11 Å². The van der Waals surface area contributed by atoms with Gasteiger partial charge in [0.15, 0.2) is 0 Å². The molecule has 1 aliphatic rings. The van der Waals surface area contributed by atoms with Crippen molar-refractivity contribution in [3.05, 3.63) is 35.4 Å². The fourth-order valence-corrected chi connectivity index (χ4v) is 2.27. The van der Waals surface area contributed by atoms with E-state index in [1.54, 1.807) is 0 Å². The first-order valence-corrected chi connectivity index (χ1v) is 6.28. The van der Waals surface area contributed by atoms with Crippen molar-refractivity contribution >= 4 is 0 Å². The van der Waals surface area contributed by atoms with Gasteiger partial charge in [-0.1, -0.05) is 31.2 Å². The van der Waals surface area contributed by atoms with E-state index in [9.17, 15) is 5.11 Å². The molecule has 0 radical (unpaired) electrons. The van der Waals surface area contributed by atoms with E-state index in [-0.39, 0.29) is 12.7 Å². The van der Waals surface area contributed by atoms with Crippen LogP contribution in [-0.4, -0.2) is 34.3 Å². The van der Waals surface area contributed by atoms with Gasteiger partial charge in [-0.3, -0.25) is 4.90 Å². The number of nitrogens with zero attached hydrogens (tertiary/aromatic N) is 1. The zero-order chi connectivity index (χ0) is 12.3. The van der Waals surface area contributed by atoms with Gasteiger partial charge in [0.1, 0.15) is 0 Å². The van der Waals surface area contributed by atoms with Crippen LogP contribution in [0, 0.1) is 5.92 Å². The third-order valence-electron chi connectivity index (χ3n) is 3.61. The smallest absolute Gasteiger partial charge is 0.0693 e. The van der Waals surface area contributed by atoms with Crippen LogP contribution in [0.5, 0.6) is 0 Å². The van der Waals surface area contributed by atoms with Crippen molar-refractivity contribution < 1.29 is 10.2 Å². The Kier molecular flexibility index (Phi) is 4.15. The summed E-state index contributed by atoms with van der Waals surface area (Å²) in [5.41, 5.74) is 2.19. The highest BCUT2D eigenvalue weighted by Crippen LogP contribution is 2.19. The molecule has 0 aliphatic carbocycles. The molecule has 1 heterocycles. The van der Waals surface area contributed by atoms with E-state index in [0.717, 1.165) is 31.6 Å². The quantitative estimate of drug-likeness (QED) is 0.832. The Morgan fingerprint density at radius 2 is 1.88 bits per heavy atom. The van der Waals surface area contributed by atoms with Crippen molar-refractivity contribution in [2.75, 3.05) is 13.1 Å². The number of hydrogen-bond donors (Lipinski definition) is 2. The lowest BCUT2D eigenvalue weighted by Crippen LogP contribution is -2.42. The molecule has 94 valence electrons. The first-order valence-electron chi connectivity index (χ1n) is 6.28. The Morgan fingerprint density at radius 1 is 1.24 bits per heavy atom. The van der Waals surface area contributed by atoms with Crippen LogP contribution in [0.3, 0.4) is 0 Å². The van der Waals surface area contributed by atoms with Crippen LogP contribution in [0.15, 0.2) is 24.3 Å². The van der Waals surface area contributed by atoms with Gasteiger partial charge < -0.3 is 10.2 Å². The molecule has 3 heteroatoms. The van der Waals surface area contributed by atoms with Crippen LogP contribution in [0.1, 0.15) is 24.5 Å². The number of aliphatic hydroxyl groups is 2. The molecule has 2 N–H and O–H groups in total. The summed E-state index contributed by atoms with van der Waals surface area (Å²) >= 11 is 0. The highest BCUT2D eigenvalue weighted by atomic mass is 16.3. The van der Waals surface area contributed by atoms with Gasteiger partial charge in [-0.15, -0.1) is 0 Å². The van der Waals surface area contributed by atoms with Crippen molar-refractivity contribution in [2.24, 2.45) is 5.92 Å². The molecule has 0 spiro atoms. The molecule has 3 nitrogen and oxygen atoms in total. The van der Waals surface area contributed by atoms with Gasteiger partial charge in [0, 0.05) is 13.1 Å². The van der Waals surface area contributed by atoms with Gasteiger partial charge in [-0.25, -0.2) is 0 Å². The second-order valence-electron chi connectivity index (χ2n) is 5.04. The molecular formula is C14H21NO2. The van der Waals surface area contributed by atoms with Crippen molar-refractivity contribution in [1.29, 1.82) is 0 Å². The zero-order valence-electron chi connectivity index (χ0n) is 10.3. The average molecular weight is 235 g/mol. The van der Waals surface area contributed by atoms with Crippen molar-refractivity contribution in [3.63, 3.8) is 0 Å². The van der Waals surface area contributed by atoms with Gasteiger partial charge in [0.05, 0.1) is 12.7 Å². The van der Waals surface area contributed by atoms with Gasteiger partial charge in [-0.2, -0.15) is 0 Å². The van der Waals surface area contributed by atoms with E-state index in [1.165, 1.54) is 5.56 Å². The number of likely N-dealkylation sites (tertiary alicyclic amines) is 1. The molecular weight excluding hydrogens is 214 g/mol. The number of piperidine rings is 1. The van der Waals surface area contributed by atoms with Crippen LogP contribution in [0.25, 0.3) is 0 Å². The van der Waals surface area contributed by atoms with Crippen molar-refractivity contribution in [2.45, 2.75) is 32.6 Å². The average Bonchev–Trinajstić information content (AvgIpc) is 2.35. The van der Waals surface area contributed by atoms with Crippen molar-refractivity contribution in [3.8, 4) is 0 Å². The number of hydrogen-bond acceptors (Lipinski definition) is 3. The normalized spacial score (nSPS) is 26.1. The van der Waals surface area contributed by atoms with E-state index < -0.39 is 0 Å². The lowest BCUT2D eigenvalue weighted by molar-refractivity contribution is 0.0259. The maximum absolute atomic E-state index is 9.83. The van der Waals surface area contributed by atoms with Gasteiger partial charge >= 0.3 is 0 Å². The molecule has 1 aromatic rings. The summed E-state index contributed by atoms with van der Waals surface area (Å²) in [6.45, 7) is 4.91. The third-order valence-corrected chi connectivity index (χ3v) is 3.61. The lowest BCUT2D eigenvalue weighted by atomic mass is 9.96. The molecule has 1 fully saturated rings. The van der Waals surface area contributed by atoms with E-state index >= 15 is 0 Å². The van der Waals surface area contributed by atoms with Gasteiger partial charge in [0.25, 0.3) is 0 Å². The second kappa shape index (κ2) is 5.63. The summed E-state index contributed by atoms with van der Waals surface area (Å²) in [4.78, 5) is 2.29. The number of benzene rings is 1. The summed E-state index contributed by atoms with van der Waals surface area (Å²) in [7, 11) is 0. The Hall–Kier alpha value is -0.900. The minimum absolute atomic E-state index is 0.0974. The predicted octanol–water partition coefficient (Wildman–Crippen LogP) is 1.38. The van der Waals surface area contributed by atoms with E-state index in [2.05, 4.69) is 24.0 Å². The summed E-state index contributed by atoms with van der Waals surface area (Å²) in [5, 5.41) is 18.8. The summed E-state index contributed by atoms with van der Waals surface area (Å²) in [5.74, 6) is 0.419. The first kappa shape index (κ1) is 12.6. The van der Waals surface area contributed by atoms with Crippen LogP contribution in [0.2, 0.25) is 0 Å². The van der Waals surface area contributed by atoms with Gasteiger partial charge in [0.2, 0.25) is 0 Å². The minimum atomic E-state index is -0.194. The summed E-state index contributed by atoms with van der Waals surface area (Å²) < 4.78 is 0. The highest BCUT2D eigenvalue weighted by molar-refractivity contribution is 5.21. The zero-order valence-corrected chi connectivity index (χ0v) is 10.3.